The number of carbonyl (C=O) groups excluding carboxylic acids is 3. The molecule has 65 heavy (non-hydrogen) atoms. The summed E-state index contributed by atoms with van der Waals surface area (Å²) in [6, 6.07) is 0. The van der Waals surface area contributed by atoms with Crippen LogP contribution in [0.15, 0.2) is 36.5 Å². The summed E-state index contributed by atoms with van der Waals surface area (Å²) in [5.74, 6) is -1.82. The van der Waals surface area contributed by atoms with E-state index < -0.39 is 17.9 Å². The topological polar surface area (TPSA) is 120 Å². The van der Waals surface area contributed by atoms with Gasteiger partial charge in [0, 0.05) is 17.9 Å². The van der Waals surface area contributed by atoms with E-state index in [1.807, 2.05) is 0 Å². The van der Waals surface area contributed by atoms with Crippen molar-refractivity contribution in [1.29, 1.82) is 0 Å². The minimum absolute atomic E-state index is 0.220. The molecule has 0 atom stereocenters. The molecule has 0 aliphatic heterocycles. The van der Waals surface area contributed by atoms with Gasteiger partial charge in [0.2, 0.25) is 0 Å². The van der Waals surface area contributed by atoms with E-state index in [2.05, 4.69) is 71.1 Å². The van der Waals surface area contributed by atoms with Gasteiger partial charge < -0.3 is 29.7 Å². The maximum absolute atomic E-state index is 10.2. The van der Waals surface area contributed by atoms with E-state index in [9.17, 15) is 29.7 Å². The van der Waals surface area contributed by atoms with Gasteiger partial charge in [-0.1, -0.05) is 211 Å². The summed E-state index contributed by atoms with van der Waals surface area (Å²) in [7, 11) is 0. The fraction of sp³-hybridized carbons (Fsp3) is 0.845. The molecule has 0 saturated heterocycles. The standard InChI is InChI=1S/3C18H34O2.C4H9.Sn/c3*1-2-3-4-5-6-7-8-9-10-11-12-13-14-15-16-17-18(19)20;1-4(2)3;/h3*9-10H,2-8,11-17H2,1H3,(H,19,20);4H,1H2,2-3H3;/q;;;;+3/p-3/b3*10-9-;;. The molecule has 0 bridgehead atoms. The zero-order valence-corrected chi connectivity index (χ0v) is 46.8. The average molecular weight is 1020 g/mol. The SMILES string of the molecule is CC(C)[CH2][Sn+3].CCCCCCCC/C=C\CCCCCCCC(=O)[O-].CCCCCCCC/C=C\CCCCCCCC(=O)[O-].CCCCCCCC/C=C\CCCCCCCC(=O)[O-]. The Labute approximate surface area is 419 Å². The van der Waals surface area contributed by atoms with E-state index in [-0.39, 0.29) is 19.3 Å². The zero-order chi connectivity index (χ0) is 49.0. The summed E-state index contributed by atoms with van der Waals surface area (Å²) in [5, 5.41) is 30.6. The Morgan fingerprint density at radius 1 is 0.323 bits per heavy atom. The number of hydrogen-bond acceptors (Lipinski definition) is 6. The van der Waals surface area contributed by atoms with Gasteiger partial charge in [-0.3, -0.25) is 0 Å². The van der Waals surface area contributed by atoms with Gasteiger partial charge in [-0.05, 0) is 116 Å². The molecule has 0 N–H and O–H groups in total. The first kappa shape index (κ1) is 70.0. The van der Waals surface area contributed by atoms with Crippen molar-refractivity contribution in [2.45, 2.75) is 309 Å². The summed E-state index contributed by atoms with van der Waals surface area (Å²) < 4.78 is 1.40. The molecule has 0 aliphatic carbocycles. The van der Waals surface area contributed by atoms with Crippen molar-refractivity contribution in [2.24, 2.45) is 5.92 Å². The molecule has 0 aliphatic rings. The molecule has 380 valence electrons. The Bertz CT molecular complexity index is 887. The largest absolute Gasteiger partial charge is 0.550 e. The Morgan fingerprint density at radius 2 is 0.477 bits per heavy atom. The minimum Gasteiger partial charge on any atom is -0.550 e. The first-order chi connectivity index (χ1) is 31.6. The van der Waals surface area contributed by atoms with Crippen molar-refractivity contribution in [3.63, 3.8) is 0 Å². The Balaban J connectivity index is -0.000000407. The normalized spacial score (nSPS) is 11.1. The minimum atomic E-state index is -0.914. The van der Waals surface area contributed by atoms with Crippen LogP contribution in [0.25, 0.3) is 0 Å². The number of hydrogen-bond donors (Lipinski definition) is 0. The van der Waals surface area contributed by atoms with Gasteiger partial charge in [0.25, 0.3) is 0 Å². The monoisotopic (exact) mass is 1020 g/mol. The fourth-order valence-corrected chi connectivity index (χ4v) is 7.02. The first-order valence-corrected chi connectivity index (χ1v) is 29.8. The molecule has 0 radical (unpaired) electrons. The molecule has 0 amide bonds. The quantitative estimate of drug-likeness (QED) is 0.0340. The van der Waals surface area contributed by atoms with Crippen LogP contribution in [0.1, 0.15) is 304 Å². The van der Waals surface area contributed by atoms with Crippen LogP contribution in [0.4, 0.5) is 0 Å². The van der Waals surface area contributed by atoms with Gasteiger partial charge >= 0.3 is 46.7 Å². The van der Waals surface area contributed by atoms with Crippen LogP contribution >= 0.6 is 0 Å². The van der Waals surface area contributed by atoms with E-state index in [4.69, 9.17) is 0 Å². The predicted molar refractivity (Wildman–Crippen MR) is 279 cm³/mol. The second-order valence-electron chi connectivity index (χ2n) is 18.7. The first-order valence-electron chi connectivity index (χ1n) is 27.8. The number of carboxylic acids is 3. The van der Waals surface area contributed by atoms with Crippen molar-refractivity contribution in [1.82, 2.24) is 0 Å². The summed E-state index contributed by atoms with van der Waals surface area (Å²) >= 11 is 1.66. The second kappa shape index (κ2) is 66.7. The second-order valence-corrected chi connectivity index (χ2v) is 19.9. The number of carbonyl (C=O) groups is 3. The molecule has 6 nitrogen and oxygen atoms in total. The molecule has 0 spiro atoms. The van der Waals surface area contributed by atoms with Crippen molar-refractivity contribution in [2.75, 3.05) is 0 Å². The maximum atomic E-state index is 10.2. The smallest absolute Gasteiger partial charge is 0.0414 e. The van der Waals surface area contributed by atoms with E-state index in [0.717, 1.165) is 63.7 Å². The van der Waals surface area contributed by atoms with Crippen LogP contribution in [-0.2, 0) is 14.4 Å². The molecule has 0 heterocycles. The van der Waals surface area contributed by atoms with Gasteiger partial charge in [-0.25, -0.2) is 0 Å². The summed E-state index contributed by atoms with van der Waals surface area (Å²) in [4.78, 5) is 30.6. The molecule has 0 aromatic heterocycles. The number of carboxylic acid groups (broad SMARTS) is 3. The Kier molecular flexibility index (Phi) is 71.8. The maximum Gasteiger partial charge on any atom is 0.0414 e. The van der Waals surface area contributed by atoms with Crippen molar-refractivity contribution >= 4 is 40.4 Å². The van der Waals surface area contributed by atoms with Crippen LogP contribution in [-0.4, -0.2) is 40.4 Å². The van der Waals surface area contributed by atoms with Crippen LogP contribution in [0.2, 0.25) is 4.44 Å². The third-order valence-electron chi connectivity index (χ3n) is 11.3. The molecule has 7 heteroatoms. The van der Waals surface area contributed by atoms with Gasteiger partial charge in [0.05, 0.1) is 0 Å². The van der Waals surface area contributed by atoms with E-state index in [1.165, 1.54) is 197 Å². The zero-order valence-electron chi connectivity index (χ0n) is 43.9. The summed E-state index contributed by atoms with van der Waals surface area (Å²) in [5.41, 5.74) is 0. The van der Waals surface area contributed by atoms with Gasteiger partial charge in [-0.2, -0.15) is 0 Å². The third-order valence-corrected chi connectivity index (χ3v) is 13.7. The number of rotatable bonds is 46. The molecule has 0 aromatic carbocycles. The molecular weight excluding hydrogens is 911 g/mol. The molecule has 0 saturated carbocycles. The Hall–Kier alpha value is -1.57. The molecular formula is C58H108O6Sn. The Morgan fingerprint density at radius 3 is 0.631 bits per heavy atom. The fourth-order valence-electron chi connectivity index (χ4n) is 7.02. The summed E-state index contributed by atoms with van der Waals surface area (Å²) in [6.45, 7) is 11.3. The van der Waals surface area contributed by atoms with E-state index in [0.29, 0.717) is 0 Å². The van der Waals surface area contributed by atoms with Gasteiger partial charge in [0.1, 0.15) is 0 Å². The number of unbranched alkanes of at least 4 members (excludes halogenated alkanes) is 33. The number of allylic oxidation sites excluding steroid dienone is 6. The molecule has 0 rings (SSSR count). The van der Waals surface area contributed by atoms with Crippen LogP contribution < -0.4 is 15.3 Å². The van der Waals surface area contributed by atoms with Gasteiger partial charge in [-0.15, -0.1) is 0 Å². The molecule has 0 unspecified atom stereocenters. The van der Waals surface area contributed by atoms with Crippen molar-refractivity contribution < 1.29 is 29.7 Å². The van der Waals surface area contributed by atoms with Gasteiger partial charge in [0.15, 0.2) is 0 Å². The average Bonchev–Trinajstić information content (AvgIpc) is 3.28. The van der Waals surface area contributed by atoms with Crippen molar-refractivity contribution in [3.05, 3.63) is 36.5 Å². The molecule has 0 aromatic rings. The van der Waals surface area contributed by atoms with Crippen LogP contribution in [0.3, 0.4) is 0 Å². The third kappa shape index (κ3) is 86.2. The summed E-state index contributed by atoms with van der Waals surface area (Å²) in [6.07, 6.45) is 62.7. The van der Waals surface area contributed by atoms with E-state index in [1.54, 1.807) is 22.5 Å². The number of aliphatic carboxylic acids is 3. The van der Waals surface area contributed by atoms with Crippen LogP contribution in [0.5, 0.6) is 0 Å². The van der Waals surface area contributed by atoms with Crippen LogP contribution in [0, 0.1) is 5.92 Å². The predicted octanol–water partition coefficient (Wildman–Crippen LogP) is 15.6. The van der Waals surface area contributed by atoms with E-state index >= 15 is 0 Å². The molecule has 0 fully saturated rings. The van der Waals surface area contributed by atoms with Crippen molar-refractivity contribution in [3.8, 4) is 0 Å².